The molecule has 0 bridgehead atoms. The summed E-state index contributed by atoms with van der Waals surface area (Å²) in [5.74, 6) is -1.77. The van der Waals surface area contributed by atoms with Crippen molar-refractivity contribution in [1.82, 2.24) is 19.9 Å². The van der Waals surface area contributed by atoms with Gasteiger partial charge in [-0.25, -0.2) is 13.9 Å². The van der Waals surface area contributed by atoms with Crippen LogP contribution in [0.1, 0.15) is 22.3 Å². The highest BCUT2D eigenvalue weighted by atomic mass is 19.4. The number of aromatic hydroxyl groups is 1. The highest BCUT2D eigenvalue weighted by molar-refractivity contribution is 5.96. The first-order valence-electron chi connectivity index (χ1n) is 10.7. The molecule has 0 aliphatic rings. The minimum Gasteiger partial charge on any atom is -0.508 e. The van der Waals surface area contributed by atoms with Crippen LogP contribution in [-0.2, 0) is 0 Å². The highest BCUT2D eigenvalue weighted by Crippen LogP contribution is 2.32. The van der Waals surface area contributed by atoms with Crippen LogP contribution in [0.2, 0.25) is 0 Å². The first-order chi connectivity index (χ1) is 17.1. The maximum Gasteiger partial charge on any atom is 0.390 e. The van der Waals surface area contributed by atoms with E-state index in [2.05, 4.69) is 20.7 Å². The average Bonchev–Trinajstić information content (AvgIpc) is 3.23. The van der Waals surface area contributed by atoms with Crippen molar-refractivity contribution in [3.05, 3.63) is 65.6 Å². The molecule has 0 fully saturated rings. The van der Waals surface area contributed by atoms with E-state index in [-0.39, 0.29) is 34.6 Å². The largest absolute Gasteiger partial charge is 0.508 e. The highest BCUT2D eigenvalue weighted by Gasteiger charge is 2.26. The Labute approximate surface area is 202 Å². The second-order valence-corrected chi connectivity index (χ2v) is 7.89. The van der Waals surface area contributed by atoms with Crippen LogP contribution in [0.3, 0.4) is 0 Å². The van der Waals surface area contributed by atoms with Gasteiger partial charge in [0.15, 0.2) is 17.2 Å². The SMILES string of the molecule is CNC(=O)c1ccc(-c2cnc3c(NCCC(F)(F)F)cc(Oc4ccc(O)cc4F)nn23)cc1C. The summed E-state index contributed by atoms with van der Waals surface area (Å²) < 4.78 is 59.3. The Kier molecular flexibility index (Phi) is 6.69. The van der Waals surface area contributed by atoms with Crippen LogP contribution >= 0.6 is 0 Å². The molecule has 2 aromatic heterocycles. The van der Waals surface area contributed by atoms with E-state index in [1.165, 1.54) is 36.0 Å². The van der Waals surface area contributed by atoms with Crippen molar-refractivity contribution in [3.8, 4) is 28.6 Å². The molecule has 36 heavy (non-hydrogen) atoms. The number of imidazole rings is 1. The number of aromatic nitrogens is 3. The third-order valence-corrected chi connectivity index (χ3v) is 5.29. The number of ether oxygens (including phenoxy) is 1. The van der Waals surface area contributed by atoms with E-state index < -0.39 is 25.0 Å². The number of carbonyl (C=O) groups is 1. The topological polar surface area (TPSA) is 101 Å². The number of amides is 1. The van der Waals surface area contributed by atoms with Crippen LogP contribution < -0.4 is 15.4 Å². The molecule has 12 heteroatoms. The first kappa shape index (κ1) is 24.8. The molecule has 188 valence electrons. The number of benzene rings is 2. The fourth-order valence-electron chi connectivity index (χ4n) is 3.56. The van der Waals surface area contributed by atoms with Crippen molar-refractivity contribution in [2.24, 2.45) is 0 Å². The van der Waals surface area contributed by atoms with Gasteiger partial charge in [-0.2, -0.15) is 13.2 Å². The Hall–Kier alpha value is -4.35. The van der Waals surface area contributed by atoms with Crippen LogP contribution in [0, 0.1) is 12.7 Å². The molecule has 3 N–H and O–H groups in total. The molecule has 1 amide bonds. The molecule has 0 aliphatic carbocycles. The summed E-state index contributed by atoms with van der Waals surface area (Å²) in [6, 6.07) is 9.66. The lowest BCUT2D eigenvalue weighted by Gasteiger charge is -2.13. The van der Waals surface area contributed by atoms with Gasteiger partial charge in [0.25, 0.3) is 5.91 Å². The number of hydrogen-bond acceptors (Lipinski definition) is 6. The minimum absolute atomic E-state index is 0.125. The van der Waals surface area contributed by atoms with E-state index in [4.69, 9.17) is 4.74 Å². The third kappa shape index (κ3) is 5.32. The molecule has 0 spiro atoms. The van der Waals surface area contributed by atoms with Gasteiger partial charge in [-0.05, 0) is 36.8 Å². The number of nitrogens with zero attached hydrogens (tertiary/aromatic N) is 3. The molecule has 0 saturated carbocycles. The van der Waals surface area contributed by atoms with Crippen molar-refractivity contribution in [2.75, 3.05) is 18.9 Å². The Morgan fingerprint density at radius 1 is 1.17 bits per heavy atom. The predicted molar refractivity (Wildman–Crippen MR) is 124 cm³/mol. The number of phenols is 1. The molecule has 4 aromatic rings. The zero-order valence-corrected chi connectivity index (χ0v) is 19.2. The molecule has 2 heterocycles. The molecule has 8 nitrogen and oxygen atoms in total. The Morgan fingerprint density at radius 2 is 1.94 bits per heavy atom. The van der Waals surface area contributed by atoms with E-state index in [1.807, 2.05) is 0 Å². The van der Waals surface area contributed by atoms with E-state index >= 15 is 0 Å². The number of phenolic OH excluding ortho intramolecular Hbond substituents is 1. The van der Waals surface area contributed by atoms with Crippen LogP contribution in [0.15, 0.2) is 48.7 Å². The van der Waals surface area contributed by atoms with Gasteiger partial charge in [-0.3, -0.25) is 4.79 Å². The van der Waals surface area contributed by atoms with Crippen LogP contribution in [-0.4, -0.2) is 45.4 Å². The Bertz CT molecular complexity index is 1440. The lowest BCUT2D eigenvalue weighted by atomic mass is 10.0. The number of carbonyl (C=O) groups excluding carboxylic acids is 1. The van der Waals surface area contributed by atoms with E-state index in [1.54, 1.807) is 25.1 Å². The van der Waals surface area contributed by atoms with Crippen LogP contribution in [0.4, 0.5) is 23.2 Å². The van der Waals surface area contributed by atoms with Gasteiger partial charge in [0.1, 0.15) is 5.75 Å². The summed E-state index contributed by atoms with van der Waals surface area (Å²) >= 11 is 0. The van der Waals surface area contributed by atoms with Gasteiger partial charge in [0.05, 0.1) is 24.0 Å². The summed E-state index contributed by atoms with van der Waals surface area (Å²) in [6.45, 7) is 1.33. The van der Waals surface area contributed by atoms with Crippen molar-refractivity contribution >= 4 is 17.2 Å². The molecule has 0 radical (unpaired) electrons. The zero-order chi connectivity index (χ0) is 26.0. The van der Waals surface area contributed by atoms with Crippen LogP contribution in [0.25, 0.3) is 16.9 Å². The fourth-order valence-corrected chi connectivity index (χ4v) is 3.56. The van der Waals surface area contributed by atoms with E-state index in [9.17, 15) is 27.5 Å². The number of fused-ring (bicyclic) bond motifs is 1. The number of aryl methyl sites for hydroxylation is 1. The number of hydrogen-bond donors (Lipinski definition) is 3. The fraction of sp³-hybridized carbons (Fsp3) is 0.208. The van der Waals surface area contributed by atoms with Crippen molar-refractivity contribution < 1.29 is 32.2 Å². The first-order valence-corrected chi connectivity index (χ1v) is 10.7. The molecular formula is C24H21F4N5O3. The quantitative estimate of drug-likeness (QED) is 0.305. The van der Waals surface area contributed by atoms with Gasteiger partial charge in [0.2, 0.25) is 5.88 Å². The smallest absolute Gasteiger partial charge is 0.390 e. The monoisotopic (exact) mass is 503 g/mol. The second kappa shape index (κ2) is 9.72. The standard InChI is InChI=1S/C24H21F4N5O3/c1-13-9-14(3-5-16(13)23(35)29-2)19-12-31-22-18(30-8-7-24(26,27)28)11-21(32-33(19)22)36-20-6-4-15(34)10-17(20)25/h3-6,9-12,30,34H,7-8H2,1-2H3,(H,29,35). The van der Waals surface area contributed by atoms with Gasteiger partial charge in [-0.1, -0.05) is 6.07 Å². The molecule has 0 unspecified atom stereocenters. The molecule has 2 aromatic carbocycles. The number of alkyl halides is 3. The maximum absolute atomic E-state index is 14.2. The number of rotatable bonds is 7. The van der Waals surface area contributed by atoms with E-state index in [0.29, 0.717) is 22.4 Å². The molecule has 0 saturated heterocycles. The summed E-state index contributed by atoms with van der Waals surface area (Å²) in [5.41, 5.74) is 2.67. The van der Waals surface area contributed by atoms with E-state index in [0.717, 1.165) is 6.07 Å². The molecule has 4 rings (SSSR count). The van der Waals surface area contributed by atoms with Gasteiger partial charge >= 0.3 is 6.18 Å². The third-order valence-electron chi connectivity index (χ3n) is 5.29. The summed E-state index contributed by atoms with van der Waals surface area (Å²) in [6.07, 6.45) is -3.97. The lowest BCUT2D eigenvalue weighted by Crippen LogP contribution is -2.18. The van der Waals surface area contributed by atoms with Crippen molar-refractivity contribution in [3.63, 3.8) is 0 Å². The Morgan fingerprint density at radius 3 is 2.61 bits per heavy atom. The number of nitrogens with one attached hydrogen (secondary N) is 2. The van der Waals surface area contributed by atoms with Crippen LogP contribution in [0.5, 0.6) is 17.4 Å². The molecular weight excluding hydrogens is 482 g/mol. The minimum atomic E-state index is -4.37. The predicted octanol–water partition coefficient (Wildman–Crippen LogP) is 5.07. The molecule has 0 atom stereocenters. The normalized spacial score (nSPS) is 11.5. The second-order valence-electron chi connectivity index (χ2n) is 7.89. The maximum atomic E-state index is 14.2. The van der Waals surface area contributed by atoms with Gasteiger partial charge in [0, 0.05) is 36.9 Å². The van der Waals surface area contributed by atoms with Crippen molar-refractivity contribution in [1.29, 1.82) is 0 Å². The zero-order valence-electron chi connectivity index (χ0n) is 19.2. The summed E-state index contributed by atoms with van der Waals surface area (Å²) in [5, 5.41) is 19.0. The Balaban J connectivity index is 1.78. The average molecular weight is 503 g/mol. The summed E-state index contributed by atoms with van der Waals surface area (Å²) in [4.78, 5) is 16.3. The number of halogens is 4. The number of anilines is 1. The van der Waals surface area contributed by atoms with Gasteiger partial charge < -0.3 is 20.5 Å². The lowest BCUT2D eigenvalue weighted by molar-refractivity contribution is -0.131. The van der Waals surface area contributed by atoms with Crippen molar-refractivity contribution in [2.45, 2.75) is 19.5 Å². The summed E-state index contributed by atoms with van der Waals surface area (Å²) in [7, 11) is 1.52. The van der Waals surface area contributed by atoms with Gasteiger partial charge in [-0.15, -0.1) is 5.10 Å². The molecule has 0 aliphatic heterocycles.